The molecule has 1 aliphatic carbocycles. The van der Waals surface area contributed by atoms with Gasteiger partial charge in [0.25, 0.3) is 0 Å². The normalized spacial score (nSPS) is 21.1. The van der Waals surface area contributed by atoms with E-state index in [-0.39, 0.29) is 24.0 Å². The van der Waals surface area contributed by atoms with E-state index in [1.165, 1.54) is 6.42 Å². The summed E-state index contributed by atoms with van der Waals surface area (Å²) in [5.41, 5.74) is 0. The minimum atomic E-state index is 0. The summed E-state index contributed by atoms with van der Waals surface area (Å²) in [5.74, 6) is 3.31. The SMILES string of the molecule is CCNC(=NCc1nccn1CC(C)C)NC1CC1C.I. The Bertz CT molecular complexity index is 455. The van der Waals surface area contributed by atoms with Gasteiger partial charge in [0.2, 0.25) is 0 Å². The number of aromatic nitrogens is 2. The van der Waals surface area contributed by atoms with E-state index >= 15 is 0 Å². The van der Waals surface area contributed by atoms with Crippen LogP contribution < -0.4 is 10.6 Å². The lowest BCUT2D eigenvalue weighted by molar-refractivity contribution is 0.507. The zero-order chi connectivity index (χ0) is 14.5. The van der Waals surface area contributed by atoms with Crippen molar-refractivity contribution in [3.63, 3.8) is 0 Å². The molecule has 2 rings (SSSR count). The molecule has 6 heteroatoms. The molecule has 0 amide bonds. The van der Waals surface area contributed by atoms with Gasteiger partial charge in [-0.25, -0.2) is 9.98 Å². The molecule has 21 heavy (non-hydrogen) atoms. The smallest absolute Gasteiger partial charge is 0.191 e. The van der Waals surface area contributed by atoms with E-state index in [2.05, 4.69) is 52.9 Å². The van der Waals surface area contributed by atoms with E-state index in [1.54, 1.807) is 0 Å². The Morgan fingerprint density at radius 3 is 2.81 bits per heavy atom. The van der Waals surface area contributed by atoms with Crippen molar-refractivity contribution < 1.29 is 0 Å². The monoisotopic (exact) mass is 405 g/mol. The van der Waals surface area contributed by atoms with E-state index < -0.39 is 0 Å². The molecular formula is C15H28IN5. The summed E-state index contributed by atoms with van der Waals surface area (Å²) in [4.78, 5) is 9.06. The highest BCUT2D eigenvalue weighted by Gasteiger charge is 2.33. The van der Waals surface area contributed by atoms with E-state index in [0.29, 0.717) is 18.5 Å². The molecule has 2 atom stereocenters. The Labute approximate surface area is 145 Å². The molecule has 1 fully saturated rings. The standard InChI is InChI=1S/C15H27N5.HI/c1-5-16-15(19-13-8-12(13)4)18-9-14-17-6-7-20(14)10-11(2)3;/h6-7,11-13H,5,8-10H2,1-4H3,(H2,16,18,19);1H. The number of rotatable bonds is 6. The molecule has 0 aliphatic heterocycles. The van der Waals surface area contributed by atoms with Crippen molar-refractivity contribution in [3.8, 4) is 0 Å². The van der Waals surface area contributed by atoms with Crippen LogP contribution in [-0.2, 0) is 13.1 Å². The molecule has 0 radical (unpaired) electrons. The number of halogens is 1. The van der Waals surface area contributed by atoms with Gasteiger partial charge in [-0.3, -0.25) is 0 Å². The average Bonchev–Trinajstić information content (AvgIpc) is 2.89. The van der Waals surface area contributed by atoms with Gasteiger partial charge >= 0.3 is 0 Å². The Hall–Kier alpha value is -0.790. The third-order valence-electron chi connectivity index (χ3n) is 3.52. The molecule has 1 aromatic rings. The second kappa shape index (κ2) is 8.60. The minimum absolute atomic E-state index is 0. The fourth-order valence-electron chi connectivity index (χ4n) is 2.22. The maximum absolute atomic E-state index is 4.65. The maximum atomic E-state index is 4.65. The van der Waals surface area contributed by atoms with Crippen LogP contribution in [0.4, 0.5) is 0 Å². The molecule has 2 unspecified atom stereocenters. The predicted molar refractivity (Wildman–Crippen MR) is 98.0 cm³/mol. The van der Waals surface area contributed by atoms with Gasteiger partial charge in [0.15, 0.2) is 5.96 Å². The van der Waals surface area contributed by atoms with Crippen molar-refractivity contribution >= 4 is 29.9 Å². The van der Waals surface area contributed by atoms with Gasteiger partial charge in [0, 0.05) is 31.5 Å². The van der Waals surface area contributed by atoms with Gasteiger partial charge in [-0.05, 0) is 25.2 Å². The molecule has 1 aromatic heterocycles. The molecule has 1 saturated carbocycles. The Morgan fingerprint density at radius 2 is 2.24 bits per heavy atom. The van der Waals surface area contributed by atoms with Gasteiger partial charge in [-0.2, -0.15) is 0 Å². The number of imidazole rings is 1. The molecule has 1 heterocycles. The molecule has 2 N–H and O–H groups in total. The van der Waals surface area contributed by atoms with Crippen LogP contribution in [0.3, 0.4) is 0 Å². The number of nitrogens with zero attached hydrogens (tertiary/aromatic N) is 3. The van der Waals surface area contributed by atoms with E-state index in [9.17, 15) is 0 Å². The Kier molecular flexibility index (Phi) is 7.48. The third kappa shape index (κ3) is 5.84. The summed E-state index contributed by atoms with van der Waals surface area (Å²) in [5, 5.41) is 6.77. The number of guanidine groups is 1. The van der Waals surface area contributed by atoms with Gasteiger partial charge < -0.3 is 15.2 Å². The average molecular weight is 405 g/mol. The first-order valence-corrected chi connectivity index (χ1v) is 7.65. The fraction of sp³-hybridized carbons (Fsp3) is 0.733. The summed E-state index contributed by atoms with van der Waals surface area (Å²) < 4.78 is 2.19. The first-order valence-electron chi connectivity index (χ1n) is 7.65. The van der Waals surface area contributed by atoms with Crippen molar-refractivity contribution in [3.05, 3.63) is 18.2 Å². The largest absolute Gasteiger partial charge is 0.357 e. The van der Waals surface area contributed by atoms with Crippen molar-refractivity contribution in [2.24, 2.45) is 16.8 Å². The van der Waals surface area contributed by atoms with Crippen LogP contribution in [0.25, 0.3) is 0 Å². The van der Waals surface area contributed by atoms with Gasteiger partial charge in [0.1, 0.15) is 12.4 Å². The van der Waals surface area contributed by atoms with E-state index in [1.807, 2.05) is 12.4 Å². The zero-order valence-electron chi connectivity index (χ0n) is 13.5. The number of nitrogens with one attached hydrogen (secondary N) is 2. The quantitative estimate of drug-likeness (QED) is 0.435. The van der Waals surface area contributed by atoms with E-state index in [0.717, 1.165) is 30.8 Å². The van der Waals surface area contributed by atoms with Crippen LogP contribution in [0.15, 0.2) is 17.4 Å². The zero-order valence-corrected chi connectivity index (χ0v) is 15.8. The molecule has 1 aliphatic rings. The molecule has 0 spiro atoms. The minimum Gasteiger partial charge on any atom is -0.357 e. The van der Waals surface area contributed by atoms with Gasteiger partial charge in [0.05, 0.1) is 0 Å². The summed E-state index contributed by atoms with van der Waals surface area (Å²) in [6.07, 6.45) is 5.14. The first kappa shape index (κ1) is 18.3. The summed E-state index contributed by atoms with van der Waals surface area (Å²) >= 11 is 0. The first-order chi connectivity index (χ1) is 9.60. The van der Waals surface area contributed by atoms with Crippen LogP contribution in [0.2, 0.25) is 0 Å². The Balaban J connectivity index is 0.00000220. The summed E-state index contributed by atoms with van der Waals surface area (Å²) in [6.45, 7) is 11.3. The van der Waals surface area contributed by atoms with Crippen molar-refractivity contribution in [2.45, 2.75) is 53.2 Å². The van der Waals surface area contributed by atoms with Gasteiger partial charge in [-0.1, -0.05) is 20.8 Å². The van der Waals surface area contributed by atoms with Gasteiger partial charge in [-0.15, -0.1) is 24.0 Å². The lowest BCUT2D eigenvalue weighted by atomic mass is 10.2. The number of hydrogen-bond acceptors (Lipinski definition) is 2. The summed E-state index contributed by atoms with van der Waals surface area (Å²) in [7, 11) is 0. The number of aliphatic imine (C=N–C) groups is 1. The highest BCUT2D eigenvalue weighted by Crippen LogP contribution is 2.28. The van der Waals surface area contributed by atoms with Crippen LogP contribution in [0.1, 0.15) is 39.9 Å². The molecule has 0 saturated heterocycles. The summed E-state index contributed by atoms with van der Waals surface area (Å²) in [6, 6.07) is 0.586. The lowest BCUT2D eigenvalue weighted by Gasteiger charge is -2.12. The molecule has 0 aromatic carbocycles. The van der Waals surface area contributed by atoms with Crippen LogP contribution >= 0.6 is 24.0 Å². The Morgan fingerprint density at radius 1 is 1.52 bits per heavy atom. The highest BCUT2D eigenvalue weighted by molar-refractivity contribution is 14.0. The topological polar surface area (TPSA) is 54.2 Å². The van der Waals surface area contributed by atoms with Crippen molar-refractivity contribution in [2.75, 3.05) is 6.54 Å². The second-order valence-corrected chi connectivity index (χ2v) is 6.05. The van der Waals surface area contributed by atoms with E-state index in [4.69, 9.17) is 0 Å². The highest BCUT2D eigenvalue weighted by atomic mass is 127. The molecule has 0 bridgehead atoms. The van der Waals surface area contributed by atoms with Crippen LogP contribution in [0, 0.1) is 11.8 Å². The predicted octanol–water partition coefficient (Wildman–Crippen LogP) is 2.62. The molecular weight excluding hydrogens is 377 g/mol. The molecule has 5 nitrogen and oxygen atoms in total. The molecule has 120 valence electrons. The third-order valence-corrected chi connectivity index (χ3v) is 3.52. The van der Waals surface area contributed by atoms with Crippen LogP contribution in [0.5, 0.6) is 0 Å². The maximum Gasteiger partial charge on any atom is 0.191 e. The number of hydrogen-bond donors (Lipinski definition) is 2. The van der Waals surface area contributed by atoms with Crippen LogP contribution in [-0.4, -0.2) is 28.1 Å². The van der Waals surface area contributed by atoms with Crippen molar-refractivity contribution in [1.82, 2.24) is 20.2 Å². The lowest BCUT2D eigenvalue weighted by Crippen LogP contribution is -2.39. The van der Waals surface area contributed by atoms with Crippen molar-refractivity contribution in [1.29, 1.82) is 0 Å². The fourth-order valence-corrected chi connectivity index (χ4v) is 2.22. The second-order valence-electron chi connectivity index (χ2n) is 6.05.